The summed E-state index contributed by atoms with van der Waals surface area (Å²) in [5.74, 6) is -0.522. The third-order valence-electron chi connectivity index (χ3n) is 4.13. The number of fused-ring (bicyclic) bond motifs is 1. The molecule has 2 amide bonds. The van der Waals surface area contributed by atoms with E-state index < -0.39 is 5.91 Å². The van der Waals surface area contributed by atoms with Gasteiger partial charge in [0.2, 0.25) is 11.8 Å². The SMILES string of the molecule is NC(=O)c1ccc(CCNC(=O)[CH]Cc2c[nH]c3ccccc23)cc1. The highest BCUT2D eigenvalue weighted by atomic mass is 16.1. The molecule has 0 fully saturated rings. The van der Waals surface area contributed by atoms with E-state index in [0.29, 0.717) is 24.9 Å². The normalized spacial score (nSPS) is 10.7. The van der Waals surface area contributed by atoms with E-state index in [9.17, 15) is 9.59 Å². The zero-order valence-corrected chi connectivity index (χ0v) is 13.8. The Kier molecular flexibility index (Phi) is 5.14. The molecule has 0 aliphatic carbocycles. The van der Waals surface area contributed by atoms with Crippen LogP contribution in [-0.4, -0.2) is 23.3 Å². The highest BCUT2D eigenvalue weighted by Gasteiger charge is 2.07. The summed E-state index contributed by atoms with van der Waals surface area (Å²) >= 11 is 0. The fourth-order valence-corrected chi connectivity index (χ4v) is 2.74. The fraction of sp³-hybridized carbons (Fsp3) is 0.150. The van der Waals surface area contributed by atoms with Crippen LogP contribution in [0.15, 0.2) is 54.7 Å². The Morgan fingerprint density at radius 3 is 2.60 bits per heavy atom. The molecule has 4 N–H and O–H groups in total. The summed E-state index contributed by atoms with van der Waals surface area (Å²) in [6, 6.07) is 15.1. The van der Waals surface area contributed by atoms with Crippen molar-refractivity contribution in [1.29, 1.82) is 0 Å². The molecule has 0 aliphatic rings. The number of hydrogen-bond donors (Lipinski definition) is 3. The summed E-state index contributed by atoms with van der Waals surface area (Å²) < 4.78 is 0. The lowest BCUT2D eigenvalue weighted by molar-refractivity contribution is -0.117. The highest BCUT2D eigenvalue weighted by Crippen LogP contribution is 2.18. The number of benzene rings is 2. The van der Waals surface area contributed by atoms with Crippen LogP contribution in [0.5, 0.6) is 0 Å². The number of para-hydroxylation sites is 1. The van der Waals surface area contributed by atoms with Gasteiger partial charge in [0.05, 0.1) is 6.42 Å². The van der Waals surface area contributed by atoms with Gasteiger partial charge >= 0.3 is 0 Å². The van der Waals surface area contributed by atoms with Gasteiger partial charge in [-0.2, -0.15) is 0 Å². The number of hydrogen-bond acceptors (Lipinski definition) is 2. The second-order valence-corrected chi connectivity index (χ2v) is 5.87. The van der Waals surface area contributed by atoms with Gasteiger partial charge < -0.3 is 16.0 Å². The molecule has 0 saturated heterocycles. The molecule has 1 heterocycles. The van der Waals surface area contributed by atoms with E-state index in [4.69, 9.17) is 5.73 Å². The predicted octanol–water partition coefficient (Wildman–Crippen LogP) is 2.37. The van der Waals surface area contributed by atoms with Crippen LogP contribution in [-0.2, 0) is 17.6 Å². The van der Waals surface area contributed by atoms with Gasteiger partial charge in [-0.1, -0.05) is 30.3 Å². The lowest BCUT2D eigenvalue weighted by Crippen LogP contribution is -2.26. The van der Waals surface area contributed by atoms with Gasteiger partial charge in [0.1, 0.15) is 0 Å². The van der Waals surface area contributed by atoms with Crippen LogP contribution < -0.4 is 11.1 Å². The number of H-pyrrole nitrogens is 1. The van der Waals surface area contributed by atoms with Crippen molar-refractivity contribution < 1.29 is 9.59 Å². The fourth-order valence-electron chi connectivity index (χ4n) is 2.74. The maximum absolute atomic E-state index is 12.0. The van der Waals surface area contributed by atoms with Crippen LogP contribution in [0.25, 0.3) is 10.9 Å². The minimum atomic E-state index is -0.438. The van der Waals surface area contributed by atoms with Crippen molar-refractivity contribution in [1.82, 2.24) is 10.3 Å². The molecule has 5 nitrogen and oxygen atoms in total. The van der Waals surface area contributed by atoms with E-state index in [0.717, 1.165) is 22.0 Å². The van der Waals surface area contributed by atoms with Crippen LogP contribution in [0.3, 0.4) is 0 Å². The molecule has 5 heteroatoms. The summed E-state index contributed by atoms with van der Waals surface area (Å²) in [6.45, 7) is 0.541. The molecule has 1 aromatic heterocycles. The predicted molar refractivity (Wildman–Crippen MR) is 98.0 cm³/mol. The van der Waals surface area contributed by atoms with Crippen molar-refractivity contribution in [2.75, 3.05) is 6.54 Å². The molecule has 3 aromatic rings. The van der Waals surface area contributed by atoms with E-state index in [-0.39, 0.29) is 5.91 Å². The summed E-state index contributed by atoms with van der Waals surface area (Å²) in [4.78, 5) is 26.2. The largest absolute Gasteiger partial charge is 0.366 e. The number of carbonyl (C=O) groups excluding carboxylic acids is 2. The number of rotatable bonds is 7. The van der Waals surface area contributed by atoms with Crippen LogP contribution >= 0.6 is 0 Å². The standard InChI is InChI=1S/C20H20N3O2/c21-20(25)15-7-5-14(6-8-15)11-12-22-19(24)10-9-16-13-23-18-4-2-1-3-17(16)18/h1-8,10,13,23H,9,11-12H2,(H2,21,25)(H,22,24). The molecule has 3 rings (SSSR count). The molecule has 2 aromatic carbocycles. The van der Waals surface area contributed by atoms with Crippen molar-refractivity contribution in [2.24, 2.45) is 5.73 Å². The Labute approximate surface area is 146 Å². The molecule has 25 heavy (non-hydrogen) atoms. The van der Waals surface area contributed by atoms with E-state index in [1.807, 2.05) is 42.6 Å². The van der Waals surface area contributed by atoms with E-state index in [2.05, 4.69) is 10.3 Å². The summed E-state index contributed by atoms with van der Waals surface area (Å²) in [5.41, 5.74) is 8.92. The van der Waals surface area contributed by atoms with Crippen molar-refractivity contribution in [3.8, 4) is 0 Å². The second kappa shape index (κ2) is 7.66. The maximum Gasteiger partial charge on any atom is 0.248 e. The number of primary amides is 1. The van der Waals surface area contributed by atoms with Gasteiger partial charge in [-0.05, 0) is 42.2 Å². The Morgan fingerprint density at radius 2 is 1.84 bits per heavy atom. The van der Waals surface area contributed by atoms with Crippen LogP contribution in [0.1, 0.15) is 21.5 Å². The molecule has 0 bridgehead atoms. The Balaban J connectivity index is 1.44. The monoisotopic (exact) mass is 334 g/mol. The zero-order valence-electron chi connectivity index (χ0n) is 13.8. The molecular formula is C20H20N3O2. The van der Waals surface area contributed by atoms with Crippen LogP contribution in [0.2, 0.25) is 0 Å². The molecule has 1 radical (unpaired) electrons. The Bertz CT molecular complexity index is 881. The molecule has 0 unspecified atom stereocenters. The zero-order chi connectivity index (χ0) is 17.6. The lowest BCUT2D eigenvalue weighted by Gasteiger charge is -2.05. The average molecular weight is 334 g/mol. The van der Waals surface area contributed by atoms with Gasteiger partial charge in [-0.3, -0.25) is 9.59 Å². The Morgan fingerprint density at radius 1 is 1.08 bits per heavy atom. The number of aromatic amines is 1. The number of amides is 2. The summed E-state index contributed by atoms with van der Waals surface area (Å²) in [5, 5.41) is 4.02. The summed E-state index contributed by atoms with van der Waals surface area (Å²) in [7, 11) is 0. The lowest BCUT2D eigenvalue weighted by atomic mass is 10.1. The third kappa shape index (κ3) is 4.26. The van der Waals surface area contributed by atoms with Gasteiger partial charge in [-0.25, -0.2) is 0 Å². The smallest absolute Gasteiger partial charge is 0.248 e. The van der Waals surface area contributed by atoms with Gasteiger partial charge in [0.25, 0.3) is 0 Å². The second-order valence-electron chi connectivity index (χ2n) is 5.87. The van der Waals surface area contributed by atoms with Crippen LogP contribution in [0.4, 0.5) is 0 Å². The minimum absolute atomic E-state index is 0.0842. The van der Waals surface area contributed by atoms with Gasteiger partial charge in [-0.15, -0.1) is 0 Å². The van der Waals surface area contributed by atoms with Crippen LogP contribution in [0, 0.1) is 6.42 Å². The van der Waals surface area contributed by atoms with E-state index in [1.54, 1.807) is 18.6 Å². The van der Waals surface area contributed by atoms with Crippen molar-refractivity contribution in [3.63, 3.8) is 0 Å². The van der Waals surface area contributed by atoms with E-state index in [1.165, 1.54) is 0 Å². The highest BCUT2D eigenvalue weighted by molar-refractivity contribution is 5.92. The molecule has 0 aliphatic heterocycles. The topological polar surface area (TPSA) is 88.0 Å². The molecule has 0 atom stereocenters. The molecule has 0 saturated carbocycles. The van der Waals surface area contributed by atoms with Gasteiger partial charge in [0.15, 0.2) is 0 Å². The first kappa shape index (κ1) is 16.8. The first-order valence-corrected chi connectivity index (χ1v) is 8.18. The average Bonchev–Trinajstić information content (AvgIpc) is 3.03. The number of nitrogens with two attached hydrogens (primary N) is 1. The first-order valence-electron chi connectivity index (χ1n) is 8.18. The van der Waals surface area contributed by atoms with E-state index >= 15 is 0 Å². The molecular weight excluding hydrogens is 314 g/mol. The quantitative estimate of drug-likeness (QED) is 0.619. The first-order chi connectivity index (χ1) is 12.1. The number of nitrogens with one attached hydrogen (secondary N) is 2. The Hall–Kier alpha value is -3.08. The third-order valence-corrected chi connectivity index (χ3v) is 4.13. The minimum Gasteiger partial charge on any atom is -0.366 e. The molecule has 0 spiro atoms. The van der Waals surface area contributed by atoms with Gasteiger partial charge in [0, 0.05) is 29.2 Å². The molecule has 127 valence electrons. The van der Waals surface area contributed by atoms with Crippen molar-refractivity contribution in [3.05, 3.63) is 77.8 Å². The van der Waals surface area contributed by atoms with Crippen molar-refractivity contribution >= 4 is 22.7 Å². The van der Waals surface area contributed by atoms with Crippen molar-refractivity contribution in [2.45, 2.75) is 12.8 Å². The number of aromatic nitrogens is 1. The summed E-state index contributed by atoms with van der Waals surface area (Å²) in [6.07, 6.45) is 4.88. The maximum atomic E-state index is 12.0. The number of carbonyl (C=O) groups is 2.